The van der Waals surface area contributed by atoms with Gasteiger partial charge in [-0.3, -0.25) is 9.47 Å². The van der Waals surface area contributed by atoms with E-state index < -0.39 is 0 Å². The Kier molecular flexibility index (Phi) is 4.02. The number of hydrogen-bond donors (Lipinski definition) is 1. The van der Waals surface area contributed by atoms with E-state index in [9.17, 15) is 4.39 Å². The number of nitrogen functional groups attached to an aromatic ring is 1. The topological polar surface area (TPSA) is 69.2 Å². The first-order valence-corrected chi connectivity index (χ1v) is 10.5. The summed E-state index contributed by atoms with van der Waals surface area (Å²) in [6, 6.07) is 7.16. The molecule has 6 nitrogen and oxygen atoms in total. The van der Waals surface area contributed by atoms with Crippen LogP contribution in [0, 0.1) is 5.82 Å². The van der Waals surface area contributed by atoms with Gasteiger partial charge in [0.1, 0.15) is 22.2 Å². The molecule has 2 aromatic heterocycles. The molecule has 152 valence electrons. The Hall–Kier alpha value is -2.45. The van der Waals surface area contributed by atoms with Crippen LogP contribution >= 0.6 is 11.3 Å². The van der Waals surface area contributed by atoms with Crippen LogP contribution in [0.5, 0.6) is 6.01 Å². The van der Waals surface area contributed by atoms with Gasteiger partial charge >= 0.3 is 0 Å². The van der Waals surface area contributed by atoms with Gasteiger partial charge in [-0.25, -0.2) is 9.37 Å². The molecule has 2 N–H and O–H groups in total. The average molecular weight is 414 g/mol. The molecule has 5 rings (SSSR count). The van der Waals surface area contributed by atoms with Crippen molar-refractivity contribution in [1.82, 2.24) is 19.4 Å². The first-order valence-electron chi connectivity index (χ1n) is 9.71. The molecule has 0 saturated heterocycles. The number of fused-ring (bicyclic) bond motifs is 2. The van der Waals surface area contributed by atoms with Crippen molar-refractivity contribution in [3.05, 3.63) is 46.9 Å². The molecular formula is C21H24FN5OS. The Morgan fingerprint density at radius 1 is 1.17 bits per heavy atom. The number of anilines is 1. The molecule has 0 amide bonds. The second-order valence-electron chi connectivity index (χ2n) is 8.95. The van der Waals surface area contributed by atoms with Gasteiger partial charge in [-0.15, -0.1) is 11.3 Å². The number of nitrogens with two attached hydrogens (primary N) is 1. The molecule has 0 aliphatic carbocycles. The van der Waals surface area contributed by atoms with E-state index in [2.05, 4.69) is 30.7 Å². The van der Waals surface area contributed by atoms with Crippen LogP contribution < -0.4 is 10.5 Å². The van der Waals surface area contributed by atoms with Gasteiger partial charge in [-0.05, 0) is 31.2 Å². The number of ether oxygens (including phenoxy) is 1. The maximum atomic E-state index is 13.3. The lowest BCUT2D eigenvalue weighted by molar-refractivity contribution is 0.0426. The lowest BCUT2D eigenvalue weighted by Gasteiger charge is -2.40. The quantitative estimate of drug-likeness (QED) is 0.710. The van der Waals surface area contributed by atoms with E-state index >= 15 is 0 Å². The van der Waals surface area contributed by atoms with Crippen molar-refractivity contribution in [2.75, 3.05) is 18.8 Å². The van der Waals surface area contributed by atoms with E-state index in [1.807, 2.05) is 10.8 Å². The average Bonchev–Trinajstić information content (AvgIpc) is 3.26. The summed E-state index contributed by atoms with van der Waals surface area (Å²) in [6.07, 6.45) is 1.83. The van der Waals surface area contributed by atoms with Gasteiger partial charge in [0.15, 0.2) is 0 Å². The number of halogens is 1. The number of imidazole rings is 1. The molecular weight excluding hydrogens is 389 g/mol. The fourth-order valence-corrected chi connectivity index (χ4v) is 5.78. The van der Waals surface area contributed by atoms with Crippen LogP contribution in [0.2, 0.25) is 0 Å². The van der Waals surface area contributed by atoms with Crippen molar-refractivity contribution in [1.29, 1.82) is 0 Å². The molecule has 0 fully saturated rings. The maximum absolute atomic E-state index is 13.3. The summed E-state index contributed by atoms with van der Waals surface area (Å²) in [5.41, 5.74) is 7.46. The Labute approximate surface area is 173 Å². The smallest absolute Gasteiger partial charge is 0.299 e. The largest absolute Gasteiger partial charge is 0.455 e. The monoisotopic (exact) mass is 413 g/mol. The van der Waals surface area contributed by atoms with E-state index in [0.717, 1.165) is 42.4 Å². The van der Waals surface area contributed by atoms with Crippen LogP contribution in [0.1, 0.15) is 31.3 Å². The summed E-state index contributed by atoms with van der Waals surface area (Å²) in [5, 5.41) is 0.948. The standard InChI is InChI=1S/C21H24FN5OS/c1-20(2)10-26(11-21(3)12-27-9-16(23)24-19(27)28-21)8-15-17(20)25-18(29-15)13-4-6-14(22)7-5-13/h4-7,9H,8,10-12,23H2,1-3H3/t21-/m0/s1. The van der Waals surface area contributed by atoms with Crippen molar-refractivity contribution in [3.63, 3.8) is 0 Å². The van der Waals surface area contributed by atoms with Crippen molar-refractivity contribution in [2.24, 2.45) is 0 Å². The van der Waals surface area contributed by atoms with Crippen LogP contribution in [-0.4, -0.2) is 38.1 Å². The molecule has 2 aliphatic heterocycles. The molecule has 0 saturated carbocycles. The second-order valence-corrected chi connectivity index (χ2v) is 10.0. The normalized spacial score (nSPS) is 22.9. The van der Waals surface area contributed by atoms with E-state index in [1.54, 1.807) is 23.5 Å². The minimum atomic E-state index is -0.339. The zero-order valence-electron chi connectivity index (χ0n) is 16.8. The highest BCUT2D eigenvalue weighted by molar-refractivity contribution is 7.15. The fourth-order valence-electron chi connectivity index (χ4n) is 4.49. The molecule has 4 heterocycles. The third kappa shape index (κ3) is 3.30. The molecule has 3 aromatic rings. The summed E-state index contributed by atoms with van der Waals surface area (Å²) < 4.78 is 21.4. The number of nitrogens with zero attached hydrogens (tertiary/aromatic N) is 4. The molecule has 29 heavy (non-hydrogen) atoms. The number of rotatable bonds is 3. The highest BCUT2D eigenvalue weighted by Crippen LogP contribution is 2.40. The van der Waals surface area contributed by atoms with Crippen molar-refractivity contribution in [2.45, 2.75) is 44.9 Å². The SMILES string of the molecule is CC1(C)CN(C[C@@]2(C)Cn3cc(N)nc3O2)Cc2sc(-c3ccc(F)cc3)nc21. The fraction of sp³-hybridized carbons (Fsp3) is 0.429. The molecule has 0 radical (unpaired) electrons. The van der Waals surface area contributed by atoms with Gasteiger partial charge in [0, 0.05) is 35.5 Å². The first kappa shape index (κ1) is 18.6. The Morgan fingerprint density at radius 3 is 2.66 bits per heavy atom. The van der Waals surface area contributed by atoms with E-state index in [1.165, 1.54) is 17.0 Å². The molecule has 0 unspecified atom stereocenters. The second kappa shape index (κ2) is 6.27. The summed E-state index contributed by atoms with van der Waals surface area (Å²) in [6.45, 7) is 9.85. The summed E-state index contributed by atoms with van der Waals surface area (Å²) in [4.78, 5) is 12.9. The third-order valence-electron chi connectivity index (χ3n) is 5.57. The molecule has 2 aliphatic rings. The van der Waals surface area contributed by atoms with Gasteiger partial charge in [0.2, 0.25) is 0 Å². The Bertz CT molecular complexity index is 1050. The molecule has 0 bridgehead atoms. The van der Waals surface area contributed by atoms with E-state index in [4.69, 9.17) is 15.5 Å². The third-order valence-corrected chi connectivity index (χ3v) is 6.66. The first-order chi connectivity index (χ1) is 13.7. The minimum absolute atomic E-state index is 0.0741. The van der Waals surface area contributed by atoms with Crippen LogP contribution in [-0.2, 0) is 18.5 Å². The van der Waals surface area contributed by atoms with Crippen LogP contribution in [0.4, 0.5) is 10.2 Å². The Balaban J connectivity index is 1.38. The number of benzene rings is 1. The number of aromatic nitrogens is 3. The number of thiazole rings is 1. The summed E-state index contributed by atoms with van der Waals surface area (Å²) >= 11 is 1.70. The lowest BCUT2D eigenvalue weighted by Crippen LogP contribution is -2.50. The number of hydrogen-bond acceptors (Lipinski definition) is 6. The zero-order chi connectivity index (χ0) is 20.4. The highest BCUT2D eigenvalue weighted by Gasteiger charge is 2.42. The van der Waals surface area contributed by atoms with Crippen LogP contribution in [0.25, 0.3) is 10.6 Å². The van der Waals surface area contributed by atoms with Gasteiger partial charge in [0.05, 0.1) is 18.4 Å². The van der Waals surface area contributed by atoms with Gasteiger partial charge in [-0.2, -0.15) is 4.98 Å². The van der Waals surface area contributed by atoms with E-state index in [0.29, 0.717) is 11.8 Å². The summed E-state index contributed by atoms with van der Waals surface area (Å²) in [7, 11) is 0. The Morgan fingerprint density at radius 2 is 1.93 bits per heavy atom. The molecule has 1 aromatic carbocycles. The van der Waals surface area contributed by atoms with E-state index in [-0.39, 0.29) is 16.8 Å². The predicted molar refractivity (Wildman–Crippen MR) is 111 cm³/mol. The molecule has 8 heteroatoms. The maximum Gasteiger partial charge on any atom is 0.299 e. The zero-order valence-corrected chi connectivity index (χ0v) is 17.6. The molecule has 0 spiro atoms. The summed E-state index contributed by atoms with van der Waals surface area (Å²) in [5.74, 6) is 0.261. The lowest BCUT2D eigenvalue weighted by atomic mass is 9.84. The molecule has 1 atom stereocenters. The van der Waals surface area contributed by atoms with Gasteiger partial charge in [-0.1, -0.05) is 13.8 Å². The van der Waals surface area contributed by atoms with Crippen LogP contribution in [0.15, 0.2) is 30.5 Å². The highest BCUT2D eigenvalue weighted by atomic mass is 32.1. The van der Waals surface area contributed by atoms with Crippen LogP contribution in [0.3, 0.4) is 0 Å². The predicted octanol–water partition coefficient (Wildman–Crippen LogP) is 3.67. The van der Waals surface area contributed by atoms with Gasteiger partial charge < -0.3 is 10.5 Å². The minimum Gasteiger partial charge on any atom is -0.455 e. The van der Waals surface area contributed by atoms with Crippen molar-refractivity contribution >= 4 is 17.2 Å². The van der Waals surface area contributed by atoms with Gasteiger partial charge in [0.25, 0.3) is 6.01 Å². The van der Waals surface area contributed by atoms with Crippen molar-refractivity contribution in [3.8, 4) is 16.6 Å². The van der Waals surface area contributed by atoms with Crippen molar-refractivity contribution < 1.29 is 9.13 Å².